The number of esters is 1. The molecule has 0 bridgehead atoms. The summed E-state index contributed by atoms with van der Waals surface area (Å²) in [5.41, 5.74) is 2.13. The van der Waals surface area contributed by atoms with Crippen LogP contribution in [0.1, 0.15) is 40.7 Å². The Kier molecular flexibility index (Phi) is 6.54. The lowest BCUT2D eigenvalue weighted by atomic mass is 9.97. The molecule has 1 aromatic carbocycles. The zero-order valence-corrected chi connectivity index (χ0v) is 21.9. The van der Waals surface area contributed by atoms with E-state index in [0.717, 1.165) is 25.8 Å². The molecular weight excluding hydrogens is 498 g/mol. The van der Waals surface area contributed by atoms with E-state index in [-0.39, 0.29) is 18.4 Å². The number of likely N-dealkylation sites (tertiary alicyclic amines) is 1. The van der Waals surface area contributed by atoms with Crippen LogP contribution in [0.5, 0.6) is 0 Å². The third-order valence-corrected chi connectivity index (χ3v) is 8.18. The molecule has 12 heteroatoms. The summed E-state index contributed by atoms with van der Waals surface area (Å²) in [6.07, 6.45) is 0. The van der Waals surface area contributed by atoms with Gasteiger partial charge in [-0.2, -0.15) is 0 Å². The number of carbonyl (C=O) groups excluding carboxylic acids is 2. The van der Waals surface area contributed by atoms with Crippen LogP contribution in [-0.4, -0.2) is 63.7 Å². The number of aromatic nitrogens is 4. The quantitative estimate of drug-likeness (QED) is 0.350. The first-order valence-corrected chi connectivity index (χ1v) is 13.1. The number of carbonyl (C=O) groups is 2. The maximum Gasteiger partial charge on any atom is 0.358 e. The number of benzene rings is 1. The summed E-state index contributed by atoms with van der Waals surface area (Å²) in [6, 6.07) is 9.87. The van der Waals surface area contributed by atoms with Crippen molar-refractivity contribution in [3.05, 3.63) is 46.5 Å². The normalized spacial score (nSPS) is 13.5. The van der Waals surface area contributed by atoms with Crippen LogP contribution in [0.15, 0.2) is 30.3 Å². The lowest BCUT2D eigenvalue weighted by Gasteiger charge is -2.38. The summed E-state index contributed by atoms with van der Waals surface area (Å²) in [6.45, 7) is 6.66. The predicted molar refractivity (Wildman–Crippen MR) is 141 cm³/mol. The third-order valence-electron chi connectivity index (χ3n) is 5.93. The van der Waals surface area contributed by atoms with Gasteiger partial charge in [-0.05, 0) is 37.6 Å². The average molecular weight is 524 g/mol. The number of rotatable bonds is 7. The summed E-state index contributed by atoms with van der Waals surface area (Å²) < 4.78 is 6.33. The molecule has 0 saturated carbocycles. The molecule has 0 atom stereocenters. The van der Waals surface area contributed by atoms with E-state index in [9.17, 15) is 9.59 Å². The van der Waals surface area contributed by atoms with Crippen molar-refractivity contribution in [3.63, 3.8) is 0 Å². The minimum absolute atomic E-state index is 0.0242. The first-order chi connectivity index (χ1) is 17.3. The molecule has 0 radical (unpaired) electrons. The van der Waals surface area contributed by atoms with Crippen LogP contribution in [-0.2, 0) is 9.53 Å². The van der Waals surface area contributed by atoms with E-state index in [0.29, 0.717) is 35.6 Å². The Hall–Kier alpha value is -3.64. The second-order valence-electron chi connectivity index (χ2n) is 8.46. The zero-order chi connectivity index (χ0) is 25.4. The fourth-order valence-electron chi connectivity index (χ4n) is 3.87. The van der Waals surface area contributed by atoms with Crippen LogP contribution in [0.25, 0.3) is 10.2 Å². The summed E-state index contributed by atoms with van der Waals surface area (Å²) in [4.78, 5) is 37.8. The first-order valence-electron chi connectivity index (χ1n) is 11.5. The highest BCUT2D eigenvalue weighted by Crippen LogP contribution is 2.39. The highest BCUT2D eigenvalue weighted by molar-refractivity contribution is 7.22. The molecule has 3 aromatic heterocycles. The Labute approximate surface area is 216 Å². The van der Waals surface area contributed by atoms with Crippen molar-refractivity contribution in [2.24, 2.45) is 0 Å². The van der Waals surface area contributed by atoms with E-state index in [1.54, 1.807) is 35.0 Å². The zero-order valence-electron chi connectivity index (χ0n) is 20.3. The number of hydrogen-bond acceptors (Lipinski definition) is 11. The number of amides is 1. The molecule has 0 aliphatic carbocycles. The van der Waals surface area contributed by atoms with Gasteiger partial charge in [0.1, 0.15) is 0 Å². The molecule has 1 saturated heterocycles. The van der Waals surface area contributed by atoms with E-state index in [1.807, 2.05) is 44.3 Å². The number of nitrogens with one attached hydrogen (secondary N) is 1. The minimum atomic E-state index is -0.456. The fraction of sp³-hybridized carbons (Fsp3) is 0.333. The lowest BCUT2D eigenvalue weighted by molar-refractivity contribution is -0.133. The van der Waals surface area contributed by atoms with Gasteiger partial charge in [-0.15, -0.1) is 21.5 Å². The smallest absolute Gasteiger partial charge is 0.358 e. The minimum Gasteiger partial charge on any atom is -0.461 e. The molecule has 0 unspecified atom stereocenters. The highest BCUT2D eigenvalue weighted by atomic mass is 32.1. The van der Waals surface area contributed by atoms with Crippen molar-refractivity contribution in [1.29, 1.82) is 0 Å². The lowest BCUT2D eigenvalue weighted by Crippen LogP contribution is -2.47. The predicted octanol–water partition coefficient (Wildman–Crippen LogP) is 4.49. The van der Waals surface area contributed by atoms with E-state index in [1.165, 1.54) is 11.3 Å². The molecule has 0 spiro atoms. The number of para-hydroxylation sites is 1. The van der Waals surface area contributed by atoms with Gasteiger partial charge in [0.15, 0.2) is 27.6 Å². The van der Waals surface area contributed by atoms with Crippen LogP contribution in [0.3, 0.4) is 0 Å². The van der Waals surface area contributed by atoms with E-state index in [4.69, 9.17) is 4.74 Å². The van der Waals surface area contributed by atoms with E-state index in [2.05, 4.69) is 25.5 Å². The van der Waals surface area contributed by atoms with Crippen molar-refractivity contribution in [3.8, 4) is 0 Å². The molecule has 1 aliphatic rings. The fourth-order valence-corrected chi connectivity index (χ4v) is 5.84. The summed E-state index contributed by atoms with van der Waals surface area (Å²) in [7, 11) is 1.84. The summed E-state index contributed by atoms with van der Waals surface area (Å²) in [5.74, 6) is 0.841. The number of ether oxygens (including phenoxy) is 1. The Morgan fingerprint density at radius 1 is 1.19 bits per heavy atom. The van der Waals surface area contributed by atoms with Crippen molar-refractivity contribution in [2.75, 3.05) is 37.0 Å². The summed E-state index contributed by atoms with van der Waals surface area (Å²) >= 11 is 2.97. The average Bonchev–Trinajstić information content (AvgIpc) is 3.43. The van der Waals surface area contributed by atoms with Gasteiger partial charge >= 0.3 is 5.97 Å². The highest BCUT2D eigenvalue weighted by Gasteiger charge is 2.36. The molecule has 1 aliphatic heterocycles. The van der Waals surface area contributed by atoms with Crippen LogP contribution < -0.4 is 10.2 Å². The number of nitrogens with zero attached hydrogens (tertiary/aromatic N) is 6. The monoisotopic (exact) mass is 523 g/mol. The standard InChI is InChI=1S/C24H25N7O3S2/c1-5-34-22(33)19-20(15-11-31(12-15)14(3)32)36-24(26-19)30(4)18-10-13(2)21(29-28-18)27-23-25-16-8-6-7-9-17(16)35-23/h6-10,15H,5,11-12H2,1-4H3,(H,25,27,29). The number of fused-ring (bicyclic) bond motifs is 1. The van der Waals surface area contributed by atoms with Gasteiger partial charge in [0.25, 0.3) is 0 Å². The second kappa shape index (κ2) is 9.78. The van der Waals surface area contributed by atoms with Crippen molar-refractivity contribution in [1.82, 2.24) is 25.1 Å². The maximum atomic E-state index is 12.6. The van der Waals surface area contributed by atoms with Crippen molar-refractivity contribution >= 4 is 66.7 Å². The Balaban J connectivity index is 1.38. The number of anilines is 4. The SMILES string of the molecule is CCOC(=O)c1nc(N(C)c2cc(C)c(Nc3nc4ccccc4s3)nn2)sc1C1CN(C(C)=O)C1. The number of hydrogen-bond donors (Lipinski definition) is 1. The molecule has 4 aromatic rings. The van der Waals surface area contributed by atoms with Crippen LogP contribution in [0, 0.1) is 6.92 Å². The van der Waals surface area contributed by atoms with E-state index < -0.39 is 5.97 Å². The van der Waals surface area contributed by atoms with Gasteiger partial charge in [-0.3, -0.25) is 4.79 Å². The molecule has 4 heterocycles. The van der Waals surface area contributed by atoms with Crippen LogP contribution in [0.4, 0.5) is 21.9 Å². The number of thiazole rings is 2. The Morgan fingerprint density at radius 2 is 1.97 bits per heavy atom. The van der Waals surface area contributed by atoms with Gasteiger partial charge in [0.2, 0.25) is 5.91 Å². The molecule has 1 fully saturated rings. The maximum absolute atomic E-state index is 12.6. The molecule has 10 nitrogen and oxygen atoms in total. The van der Waals surface area contributed by atoms with Gasteiger partial charge in [0, 0.05) is 37.9 Å². The largest absolute Gasteiger partial charge is 0.461 e. The molecular formula is C24H25N7O3S2. The Morgan fingerprint density at radius 3 is 2.67 bits per heavy atom. The topological polar surface area (TPSA) is 113 Å². The van der Waals surface area contributed by atoms with Crippen LogP contribution >= 0.6 is 22.7 Å². The third kappa shape index (κ3) is 4.61. The molecule has 1 N–H and O–H groups in total. The Bertz CT molecular complexity index is 1410. The van der Waals surface area contributed by atoms with Gasteiger partial charge < -0.3 is 19.9 Å². The summed E-state index contributed by atoms with van der Waals surface area (Å²) in [5, 5.41) is 13.4. The van der Waals surface area contributed by atoms with Gasteiger partial charge in [0.05, 0.1) is 16.8 Å². The van der Waals surface area contributed by atoms with Crippen molar-refractivity contribution < 1.29 is 14.3 Å². The second-order valence-corrected chi connectivity index (χ2v) is 10.5. The van der Waals surface area contributed by atoms with Gasteiger partial charge in [-0.1, -0.05) is 23.5 Å². The van der Waals surface area contributed by atoms with Crippen LogP contribution in [0.2, 0.25) is 0 Å². The molecule has 5 rings (SSSR count). The van der Waals surface area contributed by atoms with Gasteiger partial charge in [-0.25, -0.2) is 14.8 Å². The molecule has 186 valence electrons. The van der Waals surface area contributed by atoms with Crippen molar-refractivity contribution in [2.45, 2.75) is 26.7 Å². The molecule has 36 heavy (non-hydrogen) atoms. The number of aryl methyl sites for hydroxylation is 1. The van der Waals surface area contributed by atoms with E-state index >= 15 is 0 Å². The first kappa shape index (κ1) is 24.1. The molecule has 1 amide bonds.